The molecule has 104 valence electrons. The Labute approximate surface area is 110 Å². The molecule has 19 heavy (non-hydrogen) atoms. The molecule has 0 bridgehead atoms. The molecule has 0 aliphatic carbocycles. The Bertz CT molecular complexity index is 471. The quantitative estimate of drug-likeness (QED) is 0.607. The second-order valence-electron chi connectivity index (χ2n) is 4.05. The van der Waals surface area contributed by atoms with Gasteiger partial charge in [0, 0.05) is 25.2 Å². The van der Waals surface area contributed by atoms with Crippen LogP contribution in [0.3, 0.4) is 0 Å². The first-order valence-electron chi connectivity index (χ1n) is 5.90. The fourth-order valence-corrected chi connectivity index (χ4v) is 2.06. The van der Waals surface area contributed by atoms with Crippen LogP contribution in [0.2, 0.25) is 0 Å². The summed E-state index contributed by atoms with van der Waals surface area (Å²) in [7, 11) is 2.93. The van der Waals surface area contributed by atoms with Gasteiger partial charge in [-0.1, -0.05) is 0 Å². The molecule has 0 amide bonds. The molecule has 1 aromatic carbocycles. The Balaban J connectivity index is 2.45. The second kappa shape index (κ2) is 5.75. The topological polar surface area (TPSA) is 74.1 Å². The second-order valence-corrected chi connectivity index (χ2v) is 4.05. The molecule has 2 rings (SSSR count). The van der Waals surface area contributed by atoms with Crippen LogP contribution in [0, 0.1) is 10.1 Å². The number of nitro benzene ring substituents is 1. The average Bonchev–Trinajstić information content (AvgIpc) is 2.46. The van der Waals surface area contributed by atoms with E-state index in [2.05, 4.69) is 0 Å². The van der Waals surface area contributed by atoms with Gasteiger partial charge < -0.3 is 19.1 Å². The molecular formula is C12H16N2O5. The standard InChI is InChI=1S/C12H16N2O5/c1-17-11-8-12(18-2)10(14(15)16)7-9(11)13-3-5-19-6-4-13/h7-8H,3-6H2,1-2H3. The first kappa shape index (κ1) is 13.4. The number of methoxy groups -OCH3 is 2. The number of morpholine rings is 1. The van der Waals surface area contributed by atoms with E-state index in [1.54, 1.807) is 6.07 Å². The van der Waals surface area contributed by atoms with E-state index in [-0.39, 0.29) is 11.4 Å². The summed E-state index contributed by atoms with van der Waals surface area (Å²) in [5.74, 6) is 0.753. The normalized spacial score (nSPS) is 15.2. The molecule has 7 nitrogen and oxygen atoms in total. The van der Waals surface area contributed by atoms with Crippen molar-refractivity contribution in [3.63, 3.8) is 0 Å². The molecule has 1 aliphatic heterocycles. The van der Waals surface area contributed by atoms with E-state index in [0.717, 1.165) is 0 Å². The number of benzene rings is 1. The van der Waals surface area contributed by atoms with Crippen molar-refractivity contribution in [3.8, 4) is 11.5 Å². The molecular weight excluding hydrogens is 252 g/mol. The van der Waals surface area contributed by atoms with E-state index >= 15 is 0 Å². The summed E-state index contributed by atoms with van der Waals surface area (Å²) in [6.45, 7) is 2.56. The smallest absolute Gasteiger partial charge is 0.313 e. The zero-order chi connectivity index (χ0) is 13.8. The van der Waals surface area contributed by atoms with E-state index in [9.17, 15) is 10.1 Å². The average molecular weight is 268 g/mol. The molecule has 1 saturated heterocycles. The van der Waals surface area contributed by atoms with E-state index in [0.29, 0.717) is 37.7 Å². The van der Waals surface area contributed by atoms with Crippen molar-refractivity contribution in [3.05, 3.63) is 22.2 Å². The highest BCUT2D eigenvalue weighted by atomic mass is 16.6. The highest BCUT2D eigenvalue weighted by Gasteiger charge is 2.23. The predicted octanol–water partition coefficient (Wildman–Crippen LogP) is 1.45. The van der Waals surface area contributed by atoms with Gasteiger partial charge in [-0.2, -0.15) is 0 Å². The van der Waals surface area contributed by atoms with E-state index in [1.165, 1.54) is 20.3 Å². The maximum absolute atomic E-state index is 11.1. The van der Waals surface area contributed by atoms with Crippen LogP contribution < -0.4 is 14.4 Å². The first-order chi connectivity index (χ1) is 9.17. The fourth-order valence-electron chi connectivity index (χ4n) is 2.06. The summed E-state index contributed by atoms with van der Waals surface area (Å²) in [6.07, 6.45) is 0. The van der Waals surface area contributed by atoms with Crippen molar-refractivity contribution < 1.29 is 19.1 Å². The zero-order valence-electron chi connectivity index (χ0n) is 10.9. The van der Waals surface area contributed by atoms with Gasteiger partial charge in [-0.25, -0.2) is 0 Å². The SMILES string of the molecule is COc1cc(OC)c([N+](=O)[O-])cc1N1CCOCC1. The number of nitrogens with zero attached hydrogens (tertiary/aromatic N) is 2. The largest absolute Gasteiger partial charge is 0.494 e. The van der Waals surface area contributed by atoms with Crippen molar-refractivity contribution in [2.24, 2.45) is 0 Å². The van der Waals surface area contributed by atoms with Crippen LogP contribution in [0.25, 0.3) is 0 Å². The van der Waals surface area contributed by atoms with E-state index < -0.39 is 4.92 Å². The van der Waals surface area contributed by atoms with Crippen molar-refractivity contribution in [2.45, 2.75) is 0 Å². The van der Waals surface area contributed by atoms with Crippen molar-refractivity contribution in [2.75, 3.05) is 45.4 Å². The van der Waals surface area contributed by atoms with Gasteiger partial charge in [-0.15, -0.1) is 0 Å². The maximum Gasteiger partial charge on any atom is 0.313 e. The molecule has 0 spiro atoms. The van der Waals surface area contributed by atoms with Crippen LogP contribution in [-0.2, 0) is 4.74 Å². The number of hydrogen-bond acceptors (Lipinski definition) is 6. The molecule has 0 unspecified atom stereocenters. The zero-order valence-corrected chi connectivity index (χ0v) is 10.9. The fraction of sp³-hybridized carbons (Fsp3) is 0.500. The minimum absolute atomic E-state index is 0.0650. The highest BCUT2D eigenvalue weighted by Crippen LogP contribution is 2.39. The summed E-state index contributed by atoms with van der Waals surface area (Å²) in [4.78, 5) is 12.6. The van der Waals surface area contributed by atoms with Crippen molar-refractivity contribution in [1.82, 2.24) is 0 Å². The van der Waals surface area contributed by atoms with Gasteiger partial charge in [0.1, 0.15) is 5.75 Å². The number of anilines is 1. The molecule has 1 fully saturated rings. The molecule has 0 aromatic heterocycles. The Morgan fingerprint density at radius 3 is 2.37 bits per heavy atom. The number of nitro groups is 1. The lowest BCUT2D eigenvalue weighted by molar-refractivity contribution is -0.385. The molecule has 0 N–H and O–H groups in total. The summed E-state index contributed by atoms with van der Waals surface area (Å²) in [5.41, 5.74) is 0.628. The lowest BCUT2D eigenvalue weighted by Crippen LogP contribution is -2.36. The van der Waals surface area contributed by atoms with Gasteiger partial charge in [-0.05, 0) is 0 Å². The van der Waals surface area contributed by atoms with Gasteiger partial charge in [0.05, 0.1) is 38.0 Å². The number of hydrogen-bond donors (Lipinski definition) is 0. The monoisotopic (exact) mass is 268 g/mol. The summed E-state index contributed by atoms with van der Waals surface area (Å²) < 4.78 is 15.6. The van der Waals surface area contributed by atoms with E-state index in [4.69, 9.17) is 14.2 Å². The van der Waals surface area contributed by atoms with Gasteiger partial charge in [-0.3, -0.25) is 10.1 Å². The lowest BCUT2D eigenvalue weighted by Gasteiger charge is -2.30. The van der Waals surface area contributed by atoms with Crippen LogP contribution in [0.1, 0.15) is 0 Å². The molecule has 1 heterocycles. The number of ether oxygens (including phenoxy) is 3. The Morgan fingerprint density at radius 1 is 1.21 bits per heavy atom. The third-order valence-electron chi connectivity index (χ3n) is 3.03. The van der Waals surface area contributed by atoms with Crippen molar-refractivity contribution in [1.29, 1.82) is 0 Å². The van der Waals surface area contributed by atoms with Gasteiger partial charge in [0.15, 0.2) is 0 Å². The van der Waals surface area contributed by atoms with E-state index in [1.807, 2.05) is 4.90 Å². The van der Waals surface area contributed by atoms with Crippen LogP contribution in [0.5, 0.6) is 11.5 Å². The number of rotatable bonds is 4. The Hall–Kier alpha value is -2.02. The predicted molar refractivity (Wildman–Crippen MR) is 69.2 cm³/mol. The summed E-state index contributed by atoms with van der Waals surface area (Å²) >= 11 is 0. The molecule has 7 heteroatoms. The summed E-state index contributed by atoms with van der Waals surface area (Å²) in [5, 5.41) is 11.1. The van der Waals surface area contributed by atoms with Gasteiger partial charge >= 0.3 is 5.69 Å². The molecule has 0 saturated carbocycles. The van der Waals surface area contributed by atoms with Crippen LogP contribution in [0.4, 0.5) is 11.4 Å². The van der Waals surface area contributed by atoms with Crippen molar-refractivity contribution >= 4 is 11.4 Å². The highest BCUT2D eigenvalue weighted by molar-refractivity contribution is 5.68. The van der Waals surface area contributed by atoms with Gasteiger partial charge in [0.2, 0.25) is 5.75 Å². The summed E-state index contributed by atoms with van der Waals surface area (Å²) in [6, 6.07) is 3.03. The maximum atomic E-state index is 11.1. The first-order valence-corrected chi connectivity index (χ1v) is 5.90. The van der Waals surface area contributed by atoms with Gasteiger partial charge in [0.25, 0.3) is 0 Å². The Morgan fingerprint density at radius 2 is 1.84 bits per heavy atom. The third kappa shape index (κ3) is 2.70. The molecule has 0 radical (unpaired) electrons. The Kier molecular flexibility index (Phi) is 4.06. The minimum atomic E-state index is -0.456. The van der Waals surface area contributed by atoms with Crippen LogP contribution in [-0.4, -0.2) is 45.4 Å². The minimum Gasteiger partial charge on any atom is -0.494 e. The van der Waals surface area contributed by atoms with Crippen LogP contribution >= 0.6 is 0 Å². The van der Waals surface area contributed by atoms with Crippen LogP contribution in [0.15, 0.2) is 12.1 Å². The third-order valence-corrected chi connectivity index (χ3v) is 3.03. The molecule has 1 aliphatic rings. The lowest BCUT2D eigenvalue weighted by atomic mass is 10.2. The molecule has 1 aromatic rings. The molecule has 0 atom stereocenters.